The zero-order valence-electron chi connectivity index (χ0n) is 15.8. The van der Waals surface area contributed by atoms with E-state index in [-0.39, 0.29) is 0 Å². The molecule has 0 atom stereocenters. The number of methoxy groups -OCH3 is 1. The molecule has 0 fully saturated rings. The summed E-state index contributed by atoms with van der Waals surface area (Å²) in [5, 5.41) is 4.10. The number of hydrazone groups is 1. The Bertz CT molecular complexity index is 1020. The number of aromatic nitrogens is 2. The number of rotatable bonds is 6. The lowest BCUT2D eigenvalue weighted by Gasteiger charge is -2.12. The molecule has 0 aliphatic carbocycles. The van der Waals surface area contributed by atoms with Gasteiger partial charge in [-0.15, -0.1) is 0 Å². The molecule has 8 heteroatoms. The van der Waals surface area contributed by atoms with Gasteiger partial charge >= 0.3 is 0 Å². The maximum atomic E-state index is 5.95. The number of nitrogens with one attached hydrogen (secondary N) is 1. The molecule has 2 aromatic carbocycles. The van der Waals surface area contributed by atoms with Crippen LogP contribution in [0.3, 0.4) is 0 Å². The van der Waals surface area contributed by atoms with Crippen molar-refractivity contribution in [2.75, 3.05) is 13.4 Å². The molecule has 6 nitrogen and oxygen atoms in total. The largest absolute Gasteiger partial charge is 0.493 e. The number of ether oxygens (including phenoxy) is 2. The van der Waals surface area contributed by atoms with Crippen LogP contribution in [-0.4, -0.2) is 33.9 Å². The summed E-state index contributed by atoms with van der Waals surface area (Å²) >= 11 is 6.47. The monoisotopic (exact) mass is 412 g/mol. The lowest BCUT2D eigenvalue weighted by atomic mass is 10.2. The van der Waals surface area contributed by atoms with Crippen LogP contribution in [0.2, 0.25) is 0 Å². The minimum atomic E-state index is 0.303. The van der Waals surface area contributed by atoms with Crippen LogP contribution in [0.25, 0.3) is 11.0 Å². The Hall–Kier alpha value is -2.71. The van der Waals surface area contributed by atoms with Crippen molar-refractivity contribution in [3.63, 3.8) is 0 Å². The summed E-state index contributed by atoms with van der Waals surface area (Å²) in [7, 11) is 1.60. The van der Waals surface area contributed by atoms with Gasteiger partial charge in [-0.1, -0.05) is 36.1 Å². The highest BCUT2D eigenvalue weighted by atomic mass is 32.2. The average Bonchev–Trinajstić information content (AvgIpc) is 2.72. The quantitative estimate of drug-likeness (QED) is 0.371. The molecular formula is C20H20N4O2S2. The molecule has 0 saturated heterocycles. The fourth-order valence-corrected chi connectivity index (χ4v) is 2.69. The molecule has 0 spiro atoms. The molecule has 0 saturated carbocycles. The van der Waals surface area contributed by atoms with E-state index in [2.05, 4.69) is 20.5 Å². The van der Waals surface area contributed by atoms with Crippen molar-refractivity contribution in [3.05, 3.63) is 59.4 Å². The molecule has 1 heterocycles. The number of hydrogen-bond donors (Lipinski definition) is 1. The summed E-state index contributed by atoms with van der Waals surface area (Å²) in [6.45, 7) is 2.23. The van der Waals surface area contributed by atoms with Gasteiger partial charge in [-0.2, -0.15) is 5.10 Å². The molecule has 1 N–H and O–H groups in total. The van der Waals surface area contributed by atoms with Crippen molar-refractivity contribution < 1.29 is 9.47 Å². The van der Waals surface area contributed by atoms with E-state index in [1.165, 1.54) is 11.8 Å². The molecule has 1 aromatic heterocycles. The number of fused-ring (bicyclic) bond motifs is 1. The van der Waals surface area contributed by atoms with Crippen molar-refractivity contribution in [3.8, 4) is 11.5 Å². The van der Waals surface area contributed by atoms with Crippen LogP contribution < -0.4 is 14.9 Å². The van der Waals surface area contributed by atoms with Crippen molar-refractivity contribution in [2.24, 2.45) is 5.10 Å². The molecule has 3 aromatic rings. The standard InChI is InChI=1S/C20H20N4O2S2/c1-13-17(23-16-7-5-4-6-15(16)22-13)12-26-18-9-8-14(10-19(18)25-2)11-21-24-20(27)28-3/h4-11H,12H2,1-3H3,(H,24,27). The Morgan fingerprint density at radius 2 is 1.93 bits per heavy atom. The zero-order chi connectivity index (χ0) is 19.9. The van der Waals surface area contributed by atoms with Crippen LogP contribution in [0.1, 0.15) is 17.0 Å². The second kappa shape index (κ2) is 9.48. The first-order valence-corrected chi connectivity index (χ1v) is 10.1. The maximum Gasteiger partial charge on any atom is 0.161 e. The molecule has 0 amide bonds. The van der Waals surface area contributed by atoms with Crippen LogP contribution in [0.5, 0.6) is 11.5 Å². The predicted molar refractivity (Wildman–Crippen MR) is 118 cm³/mol. The van der Waals surface area contributed by atoms with E-state index >= 15 is 0 Å². The highest BCUT2D eigenvalue weighted by Gasteiger charge is 2.09. The third-order valence-electron chi connectivity index (χ3n) is 3.95. The number of thiocarbonyl (C=S) groups is 1. The summed E-state index contributed by atoms with van der Waals surface area (Å²) in [6, 6.07) is 13.4. The first kappa shape index (κ1) is 20.0. The lowest BCUT2D eigenvalue weighted by Crippen LogP contribution is -2.10. The third kappa shape index (κ3) is 4.96. The van der Waals surface area contributed by atoms with E-state index in [1.54, 1.807) is 13.3 Å². The summed E-state index contributed by atoms with van der Waals surface area (Å²) in [5.74, 6) is 1.24. The van der Waals surface area contributed by atoms with Crippen LogP contribution >= 0.6 is 24.0 Å². The molecule has 0 aliphatic heterocycles. The number of hydrogen-bond acceptors (Lipinski definition) is 7. The Labute approximate surface area is 173 Å². The highest BCUT2D eigenvalue weighted by molar-refractivity contribution is 8.22. The molecular weight excluding hydrogens is 392 g/mol. The minimum Gasteiger partial charge on any atom is -0.493 e. The number of nitrogens with zero attached hydrogens (tertiary/aromatic N) is 3. The summed E-state index contributed by atoms with van der Waals surface area (Å²) in [4.78, 5) is 9.25. The van der Waals surface area contributed by atoms with Crippen molar-refractivity contribution in [1.29, 1.82) is 0 Å². The minimum absolute atomic E-state index is 0.303. The number of benzene rings is 2. The van der Waals surface area contributed by atoms with Crippen molar-refractivity contribution in [2.45, 2.75) is 13.5 Å². The van der Waals surface area contributed by atoms with Gasteiger partial charge < -0.3 is 9.47 Å². The second-order valence-corrected chi connectivity index (χ2v) is 7.29. The molecule has 0 aliphatic rings. The predicted octanol–water partition coefficient (Wildman–Crippen LogP) is 4.10. The van der Waals surface area contributed by atoms with Gasteiger partial charge in [0.15, 0.2) is 15.8 Å². The topological polar surface area (TPSA) is 68.6 Å². The van der Waals surface area contributed by atoms with Gasteiger partial charge in [0.05, 0.1) is 35.7 Å². The third-order valence-corrected chi connectivity index (χ3v) is 5.00. The van der Waals surface area contributed by atoms with Gasteiger partial charge in [-0.05, 0) is 49.1 Å². The molecule has 0 radical (unpaired) electrons. The van der Waals surface area contributed by atoms with Crippen molar-refractivity contribution >= 4 is 45.5 Å². The normalized spacial score (nSPS) is 11.0. The van der Waals surface area contributed by atoms with Gasteiger partial charge in [0.2, 0.25) is 0 Å². The SMILES string of the molecule is COc1cc(C=NNC(=S)SC)ccc1OCc1nc2ccccc2nc1C. The van der Waals surface area contributed by atoms with E-state index in [0.717, 1.165) is 28.0 Å². The maximum absolute atomic E-state index is 5.95. The van der Waals surface area contributed by atoms with Gasteiger partial charge in [0.1, 0.15) is 6.61 Å². The van der Waals surface area contributed by atoms with E-state index < -0.39 is 0 Å². The van der Waals surface area contributed by atoms with E-state index in [4.69, 9.17) is 21.7 Å². The summed E-state index contributed by atoms with van der Waals surface area (Å²) < 4.78 is 12.0. The molecule has 144 valence electrons. The van der Waals surface area contributed by atoms with Crippen LogP contribution in [0, 0.1) is 6.92 Å². The number of aryl methyl sites for hydroxylation is 1. The number of para-hydroxylation sites is 2. The van der Waals surface area contributed by atoms with Gasteiger partial charge in [-0.3, -0.25) is 5.43 Å². The Kier molecular flexibility index (Phi) is 6.78. The van der Waals surface area contributed by atoms with Crippen molar-refractivity contribution in [1.82, 2.24) is 15.4 Å². The second-order valence-electron chi connectivity index (χ2n) is 5.80. The molecule has 28 heavy (non-hydrogen) atoms. The summed E-state index contributed by atoms with van der Waals surface area (Å²) in [6.07, 6.45) is 3.56. The van der Waals surface area contributed by atoms with E-state index in [0.29, 0.717) is 22.4 Å². The van der Waals surface area contributed by atoms with Gasteiger partial charge in [0, 0.05) is 0 Å². The average molecular weight is 413 g/mol. The van der Waals surface area contributed by atoms with Gasteiger partial charge in [-0.25, -0.2) is 9.97 Å². The molecule has 3 rings (SSSR count). The Morgan fingerprint density at radius 3 is 2.64 bits per heavy atom. The fourth-order valence-electron chi connectivity index (χ4n) is 2.50. The zero-order valence-corrected chi connectivity index (χ0v) is 17.4. The Morgan fingerprint density at radius 1 is 1.18 bits per heavy atom. The summed E-state index contributed by atoms with van der Waals surface area (Å²) in [5.41, 5.74) is 7.00. The van der Waals surface area contributed by atoms with Crippen LogP contribution in [0.15, 0.2) is 47.6 Å². The lowest BCUT2D eigenvalue weighted by molar-refractivity contribution is 0.280. The number of thioether (sulfide) groups is 1. The first-order valence-electron chi connectivity index (χ1n) is 8.51. The molecule has 0 bridgehead atoms. The highest BCUT2D eigenvalue weighted by Crippen LogP contribution is 2.28. The van der Waals surface area contributed by atoms with E-state index in [9.17, 15) is 0 Å². The van der Waals surface area contributed by atoms with Gasteiger partial charge in [0.25, 0.3) is 0 Å². The molecule has 0 unspecified atom stereocenters. The van der Waals surface area contributed by atoms with E-state index in [1.807, 2.05) is 55.6 Å². The van der Waals surface area contributed by atoms with Crippen LogP contribution in [-0.2, 0) is 6.61 Å². The smallest absolute Gasteiger partial charge is 0.161 e. The van der Waals surface area contributed by atoms with Crippen LogP contribution in [0.4, 0.5) is 0 Å². The Balaban J connectivity index is 1.73. The first-order chi connectivity index (χ1) is 13.6. The fraction of sp³-hybridized carbons (Fsp3) is 0.200.